The van der Waals surface area contributed by atoms with Crippen LogP contribution in [0.5, 0.6) is 5.75 Å². The number of methoxy groups -OCH3 is 1. The second-order valence-electron chi connectivity index (χ2n) is 6.24. The smallest absolute Gasteiger partial charge is 0.120 e. The predicted octanol–water partition coefficient (Wildman–Crippen LogP) is 2.19. The number of anilines is 1. The maximum absolute atomic E-state index is 5.96. The van der Waals surface area contributed by atoms with Gasteiger partial charge in [0.05, 0.1) is 7.11 Å². The maximum atomic E-state index is 5.96. The standard InChI is InChI=1S/C17H29N3O/c1-14(2)11-16(13-18)20-9-7-19(8-10-20)15-5-4-6-17(12-15)21-3/h4-6,12,14,16H,7-11,13,18H2,1-3H3. The van der Waals surface area contributed by atoms with Crippen molar-refractivity contribution in [3.05, 3.63) is 24.3 Å². The summed E-state index contributed by atoms with van der Waals surface area (Å²) in [6.45, 7) is 9.60. The molecule has 118 valence electrons. The summed E-state index contributed by atoms with van der Waals surface area (Å²) in [4.78, 5) is 4.98. The van der Waals surface area contributed by atoms with Gasteiger partial charge < -0.3 is 15.4 Å². The molecular weight excluding hydrogens is 262 g/mol. The molecule has 1 heterocycles. The molecule has 1 aliphatic rings. The quantitative estimate of drug-likeness (QED) is 0.872. The molecule has 0 spiro atoms. The van der Waals surface area contributed by atoms with E-state index in [2.05, 4.69) is 41.8 Å². The molecule has 1 fully saturated rings. The average Bonchev–Trinajstić information content (AvgIpc) is 2.52. The van der Waals surface area contributed by atoms with Crippen LogP contribution in [0.2, 0.25) is 0 Å². The van der Waals surface area contributed by atoms with Gasteiger partial charge in [0.15, 0.2) is 0 Å². The Hall–Kier alpha value is -1.26. The fourth-order valence-electron chi connectivity index (χ4n) is 3.09. The van der Waals surface area contributed by atoms with Crippen LogP contribution >= 0.6 is 0 Å². The first-order valence-corrected chi connectivity index (χ1v) is 7.97. The predicted molar refractivity (Wildman–Crippen MR) is 89.1 cm³/mol. The monoisotopic (exact) mass is 291 g/mol. The first-order chi connectivity index (χ1) is 10.1. The van der Waals surface area contributed by atoms with Crippen molar-refractivity contribution in [1.29, 1.82) is 0 Å². The van der Waals surface area contributed by atoms with Crippen LogP contribution in [0.15, 0.2) is 24.3 Å². The molecule has 0 bridgehead atoms. The van der Waals surface area contributed by atoms with Crippen LogP contribution in [0.3, 0.4) is 0 Å². The summed E-state index contributed by atoms with van der Waals surface area (Å²) >= 11 is 0. The summed E-state index contributed by atoms with van der Waals surface area (Å²) in [7, 11) is 1.72. The van der Waals surface area contributed by atoms with Crippen LogP contribution in [0.1, 0.15) is 20.3 Å². The van der Waals surface area contributed by atoms with Crippen molar-refractivity contribution >= 4 is 5.69 Å². The van der Waals surface area contributed by atoms with Gasteiger partial charge in [0, 0.05) is 50.5 Å². The minimum absolute atomic E-state index is 0.525. The third-order valence-corrected chi connectivity index (χ3v) is 4.26. The van der Waals surface area contributed by atoms with Gasteiger partial charge in [0.1, 0.15) is 5.75 Å². The summed E-state index contributed by atoms with van der Waals surface area (Å²) in [5.74, 6) is 1.63. The van der Waals surface area contributed by atoms with Gasteiger partial charge in [-0.1, -0.05) is 19.9 Å². The average molecular weight is 291 g/mol. The molecule has 1 saturated heterocycles. The highest BCUT2D eigenvalue weighted by Crippen LogP contribution is 2.23. The zero-order valence-corrected chi connectivity index (χ0v) is 13.6. The molecule has 1 unspecified atom stereocenters. The third kappa shape index (κ3) is 4.35. The molecule has 2 rings (SSSR count). The Balaban J connectivity index is 1.93. The highest BCUT2D eigenvalue weighted by Gasteiger charge is 2.23. The molecule has 1 aromatic carbocycles. The lowest BCUT2D eigenvalue weighted by atomic mass is 10.0. The Labute approximate surface area is 128 Å². The zero-order chi connectivity index (χ0) is 15.2. The minimum atomic E-state index is 0.525. The van der Waals surface area contributed by atoms with Crippen molar-refractivity contribution in [2.45, 2.75) is 26.3 Å². The molecule has 0 radical (unpaired) electrons. The van der Waals surface area contributed by atoms with Gasteiger partial charge in [0.2, 0.25) is 0 Å². The summed E-state index contributed by atoms with van der Waals surface area (Å²) in [6, 6.07) is 8.85. The van der Waals surface area contributed by atoms with E-state index in [0.29, 0.717) is 12.0 Å². The van der Waals surface area contributed by atoms with E-state index in [-0.39, 0.29) is 0 Å². The van der Waals surface area contributed by atoms with E-state index in [1.807, 2.05) is 6.07 Å². The van der Waals surface area contributed by atoms with E-state index >= 15 is 0 Å². The summed E-state index contributed by atoms with van der Waals surface area (Å²) in [5, 5.41) is 0. The molecule has 0 aromatic heterocycles. The van der Waals surface area contributed by atoms with Gasteiger partial charge in [-0.05, 0) is 24.5 Å². The number of nitrogens with two attached hydrogens (primary N) is 1. The van der Waals surface area contributed by atoms with Crippen molar-refractivity contribution in [3.63, 3.8) is 0 Å². The van der Waals surface area contributed by atoms with E-state index in [9.17, 15) is 0 Å². The highest BCUT2D eigenvalue weighted by molar-refractivity contribution is 5.51. The van der Waals surface area contributed by atoms with E-state index in [4.69, 9.17) is 10.5 Å². The number of piperazine rings is 1. The van der Waals surface area contributed by atoms with Gasteiger partial charge in [-0.2, -0.15) is 0 Å². The van der Waals surface area contributed by atoms with Gasteiger partial charge in [-0.25, -0.2) is 0 Å². The molecule has 0 saturated carbocycles. The van der Waals surface area contributed by atoms with Crippen molar-refractivity contribution in [2.24, 2.45) is 11.7 Å². The SMILES string of the molecule is COc1cccc(N2CCN(C(CN)CC(C)C)CC2)c1. The highest BCUT2D eigenvalue weighted by atomic mass is 16.5. The van der Waals surface area contributed by atoms with Crippen LogP contribution in [0.4, 0.5) is 5.69 Å². The van der Waals surface area contributed by atoms with Gasteiger partial charge >= 0.3 is 0 Å². The summed E-state index contributed by atoms with van der Waals surface area (Å²) in [6.07, 6.45) is 1.19. The minimum Gasteiger partial charge on any atom is -0.497 e. The zero-order valence-electron chi connectivity index (χ0n) is 13.6. The van der Waals surface area contributed by atoms with Crippen LogP contribution in [-0.4, -0.2) is 50.8 Å². The lowest BCUT2D eigenvalue weighted by Crippen LogP contribution is -2.52. The Morgan fingerprint density at radius 2 is 1.90 bits per heavy atom. The fourth-order valence-corrected chi connectivity index (χ4v) is 3.09. The molecule has 1 aliphatic heterocycles. The largest absolute Gasteiger partial charge is 0.497 e. The molecule has 1 aromatic rings. The number of benzene rings is 1. The number of nitrogens with zero attached hydrogens (tertiary/aromatic N) is 2. The second kappa shape index (κ2) is 7.66. The lowest BCUT2D eigenvalue weighted by molar-refractivity contribution is 0.168. The maximum Gasteiger partial charge on any atom is 0.120 e. The van der Waals surface area contributed by atoms with Gasteiger partial charge in [0.25, 0.3) is 0 Å². The van der Waals surface area contributed by atoms with Crippen molar-refractivity contribution in [1.82, 2.24) is 4.90 Å². The number of rotatable bonds is 6. The van der Waals surface area contributed by atoms with Crippen LogP contribution in [0, 0.1) is 5.92 Å². The molecular formula is C17H29N3O. The van der Waals surface area contributed by atoms with E-state index in [1.165, 1.54) is 12.1 Å². The molecule has 4 heteroatoms. The van der Waals surface area contributed by atoms with E-state index < -0.39 is 0 Å². The van der Waals surface area contributed by atoms with E-state index in [1.54, 1.807) is 7.11 Å². The molecule has 21 heavy (non-hydrogen) atoms. The van der Waals surface area contributed by atoms with Crippen LogP contribution < -0.4 is 15.4 Å². The first-order valence-electron chi connectivity index (χ1n) is 7.97. The number of hydrogen-bond acceptors (Lipinski definition) is 4. The number of hydrogen-bond donors (Lipinski definition) is 1. The Morgan fingerprint density at radius 3 is 2.48 bits per heavy atom. The van der Waals surface area contributed by atoms with E-state index in [0.717, 1.165) is 38.5 Å². The second-order valence-corrected chi connectivity index (χ2v) is 6.24. The number of ether oxygens (including phenoxy) is 1. The molecule has 0 amide bonds. The van der Waals surface area contributed by atoms with Crippen LogP contribution in [0.25, 0.3) is 0 Å². The third-order valence-electron chi connectivity index (χ3n) is 4.26. The van der Waals surface area contributed by atoms with Crippen molar-refractivity contribution in [3.8, 4) is 5.75 Å². The van der Waals surface area contributed by atoms with Gasteiger partial charge in [-0.15, -0.1) is 0 Å². The Kier molecular flexibility index (Phi) is 5.88. The van der Waals surface area contributed by atoms with Gasteiger partial charge in [-0.3, -0.25) is 4.90 Å². The summed E-state index contributed by atoms with van der Waals surface area (Å²) in [5.41, 5.74) is 7.22. The van der Waals surface area contributed by atoms with Crippen LogP contribution in [-0.2, 0) is 0 Å². The first kappa shape index (κ1) is 16.1. The normalized spacial score (nSPS) is 18.0. The molecule has 2 N–H and O–H groups in total. The Morgan fingerprint density at radius 1 is 1.19 bits per heavy atom. The van der Waals surface area contributed by atoms with Crippen molar-refractivity contribution < 1.29 is 4.74 Å². The topological polar surface area (TPSA) is 41.7 Å². The molecule has 0 aliphatic carbocycles. The molecule has 1 atom stereocenters. The lowest BCUT2D eigenvalue weighted by Gasteiger charge is -2.40. The Bertz CT molecular complexity index is 428. The molecule has 4 nitrogen and oxygen atoms in total. The summed E-state index contributed by atoms with van der Waals surface area (Å²) < 4.78 is 5.31. The van der Waals surface area contributed by atoms with Crippen molar-refractivity contribution in [2.75, 3.05) is 44.7 Å². The fraction of sp³-hybridized carbons (Fsp3) is 0.647.